The van der Waals surface area contributed by atoms with Crippen molar-refractivity contribution in [1.29, 1.82) is 0 Å². The van der Waals surface area contributed by atoms with Crippen LogP contribution in [0.4, 0.5) is 10.1 Å². The molecule has 0 radical (unpaired) electrons. The van der Waals surface area contributed by atoms with E-state index in [-0.39, 0.29) is 5.56 Å². The summed E-state index contributed by atoms with van der Waals surface area (Å²) in [6, 6.07) is 5.99. The molecule has 3 nitrogen and oxygen atoms in total. The number of hydrogen-bond donors (Lipinski definition) is 2. The van der Waals surface area contributed by atoms with Crippen LogP contribution in [0.25, 0.3) is 0 Å². The molecule has 2 rings (SSSR count). The molecule has 2 aromatic rings. The quantitative estimate of drug-likeness (QED) is 0.871. The van der Waals surface area contributed by atoms with E-state index in [0.717, 1.165) is 15.4 Å². The molecule has 2 N–H and O–H groups in total. The Hall–Kier alpha value is -1.40. The third kappa shape index (κ3) is 3.33. The van der Waals surface area contributed by atoms with E-state index in [4.69, 9.17) is 5.11 Å². The lowest BCUT2D eigenvalue weighted by Crippen LogP contribution is -2.03. The molecule has 0 aliphatic rings. The van der Waals surface area contributed by atoms with Crippen LogP contribution >= 0.6 is 27.3 Å². The van der Waals surface area contributed by atoms with Gasteiger partial charge in [0.25, 0.3) is 0 Å². The van der Waals surface area contributed by atoms with E-state index in [9.17, 15) is 9.18 Å². The molecule has 1 aromatic heterocycles. The second-order valence-electron chi connectivity index (χ2n) is 3.97. The molecule has 19 heavy (non-hydrogen) atoms. The van der Waals surface area contributed by atoms with Crippen molar-refractivity contribution < 1.29 is 14.3 Å². The fraction of sp³-hybridized carbons (Fsp3) is 0.154. The first kappa shape index (κ1) is 14.0. The number of carboxylic acids is 1. The van der Waals surface area contributed by atoms with Gasteiger partial charge in [0.05, 0.1) is 5.56 Å². The van der Waals surface area contributed by atoms with E-state index in [1.165, 1.54) is 17.0 Å². The Labute approximate surface area is 122 Å². The molecule has 6 heteroatoms. The van der Waals surface area contributed by atoms with Gasteiger partial charge in [0.2, 0.25) is 0 Å². The maximum atomic E-state index is 13.2. The van der Waals surface area contributed by atoms with Gasteiger partial charge in [-0.05, 0) is 47.1 Å². The van der Waals surface area contributed by atoms with Gasteiger partial charge in [0, 0.05) is 26.5 Å². The molecule has 0 saturated heterocycles. The van der Waals surface area contributed by atoms with Crippen LogP contribution in [-0.2, 0) is 6.54 Å². The highest BCUT2D eigenvalue weighted by Gasteiger charge is 2.11. The van der Waals surface area contributed by atoms with Gasteiger partial charge in [-0.1, -0.05) is 0 Å². The van der Waals surface area contributed by atoms with Gasteiger partial charge in [-0.15, -0.1) is 11.3 Å². The summed E-state index contributed by atoms with van der Waals surface area (Å²) in [4.78, 5) is 13.1. The Bertz CT molecular complexity index is 608. The summed E-state index contributed by atoms with van der Waals surface area (Å²) < 4.78 is 14.3. The first-order chi connectivity index (χ1) is 8.97. The zero-order valence-corrected chi connectivity index (χ0v) is 12.4. The minimum absolute atomic E-state index is 0.325. The summed E-state index contributed by atoms with van der Waals surface area (Å²) in [7, 11) is 0. The van der Waals surface area contributed by atoms with Gasteiger partial charge in [0.1, 0.15) is 5.82 Å². The van der Waals surface area contributed by atoms with E-state index in [1.807, 2.05) is 13.0 Å². The van der Waals surface area contributed by atoms with E-state index < -0.39 is 11.8 Å². The zero-order chi connectivity index (χ0) is 14.0. The smallest absolute Gasteiger partial charge is 0.338 e. The maximum absolute atomic E-state index is 13.2. The van der Waals surface area contributed by atoms with Crippen LogP contribution in [0.3, 0.4) is 0 Å². The molecule has 0 bridgehead atoms. The molecule has 0 amide bonds. The third-order valence-electron chi connectivity index (χ3n) is 2.57. The number of rotatable bonds is 4. The number of anilines is 1. The highest BCUT2D eigenvalue weighted by atomic mass is 79.9. The van der Waals surface area contributed by atoms with Crippen LogP contribution < -0.4 is 5.32 Å². The second kappa shape index (κ2) is 5.71. The van der Waals surface area contributed by atoms with Gasteiger partial charge >= 0.3 is 5.97 Å². The third-order valence-corrected chi connectivity index (χ3v) is 4.71. The van der Waals surface area contributed by atoms with Gasteiger partial charge in [-0.3, -0.25) is 0 Å². The minimum atomic E-state index is -1.27. The summed E-state index contributed by atoms with van der Waals surface area (Å²) >= 11 is 5.09. The summed E-state index contributed by atoms with van der Waals surface area (Å²) in [5, 5.41) is 11.9. The monoisotopic (exact) mass is 343 g/mol. The summed E-state index contributed by atoms with van der Waals surface area (Å²) in [6.07, 6.45) is 0. The topological polar surface area (TPSA) is 49.3 Å². The Morgan fingerprint density at radius 2 is 2.21 bits per heavy atom. The SMILES string of the molecule is Cc1sc(CNc2ccc(F)c(C(=O)O)c2)cc1Br. The van der Waals surface area contributed by atoms with Crippen molar-refractivity contribution in [3.63, 3.8) is 0 Å². The molecular formula is C13H11BrFNO2S. The highest BCUT2D eigenvalue weighted by Crippen LogP contribution is 2.27. The lowest BCUT2D eigenvalue weighted by atomic mass is 10.2. The fourth-order valence-electron chi connectivity index (χ4n) is 1.59. The van der Waals surface area contributed by atoms with Crippen LogP contribution in [0.1, 0.15) is 20.1 Å². The molecule has 0 fully saturated rings. The number of hydrogen-bond acceptors (Lipinski definition) is 3. The predicted molar refractivity (Wildman–Crippen MR) is 77.4 cm³/mol. The number of aromatic carboxylic acids is 1. The van der Waals surface area contributed by atoms with Gasteiger partial charge in [0.15, 0.2) is 0 Å². The van der Waals surface area contributed by atoms with Crippen molar-refractivity contribution in [2.24, 2.45) is 0 Å². The lowest BCUT2D eigenvalue weighted by Gasteiger charge is -2.06. The van der Waals surface area contributed by atoms with Gasteiger partial charge in [-0.25, -0.2) is 9.18 Å². The first-order valence-electron chi connectivity index (χ1n) is 5.49. The van der Waals surface area contributed by atoms with Crippen molar-refractivity contribution in [3.05, 3.63) is 49.9 Å². The van der Waals surface area contributed by atoms with Crippen molar-refractivity contribution >= 4 is 38.9 Å². The Kier molecular flexibility index (Phi) is 4.21. The number of thiophene rings is 1. The number of carbonyl (C=O) groups is 1. The second-order valence-corrected chi connectivity index (χ2v) is 6.17. The van der Waals surface area contributed by atoms with Crippen molar-refractivity contribution in [2.45, 2.75) is 13.5 Å². The van der Waals surface area contributed by atoms with Gasteiger partial charge < -0.3 is 10.4 Å². The van der Waals surface area contributed by atoms with Crippen LogP contribution in [0.2, 0.25) is 0 Å². The summed E-state index contributed by atoms with van der Waals surface area (Å²) in [5.74, 6) is -2.00. The largest absolute Gasteiger partial charge is 0.478 e. The van der Waals surface area contributed by atoms with E-state index in [1.54, 1.807) is 11.3 Å². The minimum Gasteiger partial charge on any atom is -0.478 e. The number of aryl methyl sites for hydroxylation is 1. The Balaban J connectivity index is 2.11. The Morgan fingerprint density at radius 3 is 2.79 bits per heavy atom. The molecule has 0 saturated carbocycles. The predicted octanol–water partition coefficient (Wildman–Crippen LogP) is 4.27. The standard InChI is InChI=1S/C13H11BrFNO2S/c1-7-11(14)5-9(19-7)6-16-8-2-3-12(15)10(4-8)13(17)18/h2-5,16H,6H2,1H3,(H,17,18). The summed E-state index contributed by atoms with van der Waals surface area (Å²) in [6.45, 7) is 2.58. The number of nitrogens with one attached hydrogen (secondary N) is 1. The molecule has 1 aromatic carbocycles. The molecule has 0 aliphatic carbocycles. The van der Waals surface area contributed by atoms with E-state index in [2.05, 4.69) is 21.2 Å². The number of carboxylic acid groups (broad SMARTS) is 1. The van der Waals surface area contributed by atoms with Crippen LogP contribution in [0, 0.1) is 12.7 Å². The summed E-state index contributed by atoms with van der Waals surface area (Å²) in [5.41, 5.74) is 0.259. The zero-order valence-electron chi connectivity index (χ0n) is 10.0. The van der Waals surface area contributed by atoms with Crippen LogP contribution in [-0.4, -0.2) is 11.1 Å². The highest BCUT2D eigenvalue weighted by molar-refractivity contribution is 9.10. The van der Waals surface area contributed by atoms with Crippen molar-refractivity contribution in [3.8, 4) is 0 Å². The van der Waals surface area contributed by atoms with Crippen LogP contribution in [0.5, 0.6) is 0 Å². The molecule has 0 aliphatic heterocycles. The maximum Gasteiger partial charge on any atom is 0.338 e. The lowest BCUT2D eigenvalue weighted by molar-refractivity contribution is 0.0692. The normalized spacial score (nSPS) is 10.5. The fourth-order valence-corrected chi connectivity index (χ4v) is 3.13. The van der Waals surface area contributed by atoms with Crippen molar-refractivity contribution in [1.82, 2.24) is 0 Å². The average Bonchev–Trinajstić information content (AvgIpc) is 2.67. The molecule has 0 unspecified atom stereocenters. The first-order valence-corrected chi connectivity index (χ1v) is 7.10. The van der Waals surface area contributed by atoms with Gasteiger partial charge in [-0.2, -0.15) is 0 Å². The average molecular weight is 344 g/mol. The van der Waals surface area contributed by atoms with E-state index >= 15 is 0 Å². The molecule has 1 heterocycles. The van der Waals surface area contributed by atoms with Crippen molar-refractivity contribution in [2.75, 3.05) is 5.32 Å². The number of benzene rings is 1. The van der Waals surface area contributed by atoms with Crippen LogP contribution in [0.15, 0.2) is 28.7 Å². The molecule has 0 spiro atoms. The van der Waals surface area contributed by atoms with E-state index in [0.29, 0.717) is 12.2 Å². The molecular weight excluding hydrogens is 333 g/mol. The molecule has 0 atom stereocenters. The molecule has 100 valence electrons. The number of halogens is 2. The Morgan fingerprint density at radius 1 is 1.47 bits per heavy atom.